The van der Waals surface area contributed by atoms with Crippen molar-refractivity contribution in [1.29, 1.82) is 0 Å². The van der Waals surface area contributed by atoms with Crippen LogP contribution >= 0.6 is 12.2 Å². The van der Waals surface area contributed by atoms with Crippen LogP contribution in [0.4, 0.5) is 0 Å². The SMILES string of the molecule is Cc1ccc(-n2c(O)c(/C=C3/C(=O)C=Cc4ccccc43)c(=O)n(-c3ccccc3)c2=S)cc1. The molecule has 1 heterocycles. The first-order chi connectivity index (χ1) is 16.5. The molecule has 34 heavy (non-hydrogen) atoms. The molecule has 5 rings (SSSR count). The number of fused-ring (bicyclic) bond motifs is 1. The van der Waals surface area contributed by atoms with Gasteiger partial charge in [0.1, 0.15) is 5.56 Å². The highest BCUT2D eigenvalue weighted by Gasteiger charge is 2.22. The number of carbonyl (C=O) groups is 1. The van der Waals surface area contributed by atoms with Gasteiger partial charge >= 0.3 is 0 Å². The molecule has 0 saturated carbocycles. The van der Waals surface area contributed by atoms with Gasteiger partial charge in [-0.1, -0.05) is 66.2 Å². The number of nitrogens with zero attached hydrogens (tertiary/aromatic N) is 2. The quantitative estimate of drug-likeness (QED) is 0.321. The van der Waals surface area contributed by atoms with E-state index in [1.54, 1.807) is 18.2 Å². The Labute approximate surface area is 201 Å². The Kier molecular flexibility index (Phi) is 5.43. The number of aromatic hydroxyl groups is 1. The highest BCUT2D eigenvalue weighted by molar-refractivity contribution is 7.71. The first-order valence-electron chi connectivity index (χ1n) is 10.7. The van der Waals surface area contributed by atoms with Crippen molar-refractivity contribution in [3.05, 3.63) is 122 Å². The zero-order valence-corrected chi connectivity index (χ0v) is 19.1. The molecule has 0 spiro atoms. The summed E-state index contributed by atoms with van der Waals surface area (Å²) in [5.41, 5.74) is 3.58. The summed E-state index contributed by atoms with van der Waals surface area (Å²) in [6.45, 7) is 1.96. The molecule has 0 amide bonds. The topological polar surface area (TPSA) is 64.2 Å². The lowest BCUT2D eigenvalue weighted by atomic mass is 9.90. The molecule has 0 unspecified atom stereocenters. The van der Waals surface area contributed by atoms with Crippen molar-refractivity contribution in [1.82, 2.24) is 9.13 Å². The van der Waals surface area contributed by atoms with Crippen LogP contribution in [0, 0.1) is 11.7 Å². The second-order valence-corrected chi connectivity index (χ2v) is 8.37. The predicted molar refractivity (Wildman–Crippen MR) is 137 cm³/mol. The van der Waals surface area contributed by atoms with Crippen molar-refractivity contribution in [2.75, 3.05) is 0 Å². The minimum absolute atomic E-state index is 0.0218. The number of carbonyl (C=O) groups excluding carboxylic acids is 1. The van der Waals surface area contributed by atoms with Gasteiger partial charge in [-0.2, -0.15) is 0 Å². The Morgan fingerprint density at radius 2 is 1.44 bits per heavy atom. The van der Waals surface area contributed by atoms with E-state index < -0.39 is 5.56 Å². The van der Waals surface area contributed by atoms with Crippen LogP contribution in [0.2, 0.25) is 0 Å². The molecule has 166 valence electrons. The molecule has 0 bridgehead atoms. The van der Waals surface area contributed by atoms with E-state index in [1.165, 1.54) is 21.3 Å². The zero-order chi connectivity index (χ0) is 23.8. The number of para-hydroxylation sites is 1. The number of allylic oxidation sites excluding steroid dienone is 2. The molecule has 1 aliphatic rings. The third-order valence-electron chi connectivity index (χ3n) is 5.79. The van der Waals surface area contributed by atoms with Gasteiger partial charge in [0.15, 0.2) is 10.6 Å². The molecule has 3 aromatic carbocycles. The fourth-order valence-corrected chi connectivity index (χ4v) is 4.42. The van der Waals surface area contributed by atoms with Gasteiger partial charge in [0, 0.05) is 5.57 Å². The summed E-state index contributed by atoms with van der Waals surface area (Å²) in [7, 11) is 0. The summed E-state index contributed by atoms with van der Waals surface area (Å²) in [6.07, 6.45) is 4.67. The van der Waals surface area contributed by atoms with E-state index in [2.05, 4.69) is 0 Å². The average Bonchev–Trinajstić information content (AvgIpc) is 2.85. The van der Waals surface area contributed by atoms with Crippen molar-refractivity contribution in [3.8, 4) is 17.3 Å². The van der Waals surface area contributed by atoms with Crippen LogP contribution in [0.25, 0.3) is 29.1 Å². The highest BCUT2D eigenvalue weighted by Crippen LogP contribution is 2.31. The Morgan fingerprint density at radius 1 is 0.794 bits per heavy atom. The van der Waals surface area contributed by atoms with Crippen LogP contribution in [-0.4, -0.2) is 20.0 Å². The Morgan fingerprint density at radius 3 is 2.18 bits per heavy atom. The molecule has 1 N–H and O–H groups in total. The van der Waals surface area contributed by atoms with Crippen molar-refractivity contribution in [2.24, 2.45) is 0 Å². The summed E-state index contributed by atoms with van der Waals surface area (Å²) in [5, 5.41) is 11.3. The molecule has 0 aliphatic heterocycles. The smallest absolute Gasteiger partial charge is 0.270 e. The maximum atomic E-state index is 13.7. The van der Waals surface area contributed by atoms with Crippen LogP contribution in [-0.2, 0) is 4.79 Å². The molecule has 5 nitrogen and oxygen atoms in total. The van der Waals surface area contributed by atoms with E-state index in [9.17, 15) is 14.7 Å². The first kappa shape index (κ1) is 21.6. The lowest BCUT2D eigenvalue weighted by Gasteiger charge is -2.18. The number of aryl methyl sites for hydroxylation is 1. The lowest BCUT2D eigenvalue weighted by molar-refractivity contribution is -0.109. The molecular formula is C28H20N2O3S. The molecule has 0 fully saturated rings. The molecular weight excluding hydrogens is 444 g/mol. The van der Waals surface area contributed by atoms with E-state index >= 15 is 0 Å². The Balaban J connectivity index is 1.86. The first-order valence-corrected chi connectivity index (χ1v) is 11.1. The van der Waals surface area contributed by atoms with Crippen LogP contribution in [0.15, 0.2) is 89.7 Å². The number of aromatic nitrogens is 2. The van der Waals surface area contributed by atoms with Gasteiger partial charge < -0.3 is 5.11 Å². The molecule has 1 aromatic heterocycles. The summed E-state index contributed by atoms with van der Waals surface area (Å²) in [4.78, 5) is 26.5. The lowest BCUT2D eigenvalue weighted by Crippen LogP contribution is -2.26. The monoisotopic (exact) mass is 464 g/mol. The second kappa shape index (κ2) is 8.57. The molecule has 1 aliphatic carbocycles. The Bertz CT molecular complexity index is 1610. The van der Waals surface area contributed by atoms with Gasteiger partial charge in [-0.05, 0) is 66.7 Å². The number of hydrogen-bond acceptors (Lipinski definition) is 4. The van der Waals surface area contributed by atoms with Crippen LogP contribution in [0.3, 0.4) is 0 Å². The minimum atomic E-state index is -0.510. The van der Waals surface area contributed by atoms with E-state index in [4.69, 9.17) is 12.2 Å². The van der Waals surface area contributed by atoms with Crippen LogP contribution in [0.1, 0.15) is 22.3 Å². The largest absolute Gasteiger partial charge is 0.494 e. The van der Waals surface area contributed by atoms with E-state index in [0.29, 0.717) is 22.5 Å². The summed E-state index contributed by atoms with van der Waals surface area (Å²) < 4.78 is 2.94. The van der Waals surface area contributed by atoms with Gasteiger partial charge in [-0.15, -0.1) is 0 Å². The van der Waals surface area contributed by atoms with Crippen molar-refractivity contribution in [3.63, 3.8) is 0 Å². The van der Waals surface area contributed by atoms with Crippen LogP contribution < -0.4 is 5.56 Å². The van der Waals surface area contributed by atoms with Crippen LogP contribution in [0.5, 0.6) is 5.88 Å². The molecule has 0 saturated heterocycles. The van der Waals surface area contributed by atoms with Gasteiger partial charge in [-0.25, -0.2) is 0 Å². The van der Waals surface area contributed by atoms with Crippen molar-refractivity contribution in [2.45, 2.75) is 6.92 Å². The third kappa shape index (κ3) is 3.64. The molecule has 4 aromatic rings. The second-order valence-electron chi connectivity index (χ2n) is 8.01. The highest BCUT2D eigenvalue weighted by atomic mass is 32.1. The fraction of sp³-hybridized carbons (Fsp3) is 0.0357. The molecule has 0 atom stereocenters. The summed E-state index contributed by atoms with van der Waals surface area (Å²) in [6, 6.07) is 23.9. The standard InChI is InChI=1S/C28H20N2O3S/c1-18-11-14-21(15-12-18)30-27(33)24(26(32)29(28(30)34)20-8-3-2-4-9-20)17-23-22-10-6-5-7-19(22)13-16-25(23)31/h2-17,33H,1H3/b23-17+. The van der Waals surface area contributed by atoms with Gasteiger partial charge in [0.25, 0.3) is 5.56 Å². The number of benzene rings is 3. The maximum absolute atomic E-state index is 13.7. The third-order valence-corrected chi connectivity index (χ3v) is 6.16. The number of rotatable bonds is 3. The van der Waals surface area contributed by atoms with E-state index in [0.717, 1.165) is 11.1 Å². The summed E-state index contributed by atoms with van der Waals surface area (Å²) >= 11 is 5.68. The van der Waals surface area contributed by atoms with E-state index in [-0.39, 0.29) is 22.0 Å². The normalized spacial score (nSPS) is 13.8. The van der Waals surface area contributed by atoms with Gasteiger partial charge in [0.05, 0.1) is 11.4 Å². The number of hydrogen-bond donors (Lipinski definition) is 1. The Hall–Kier alpha value is -4.29. The van der Waals surface area contributed by atoms with Crippen molar-refractivity contribution >= 4 is 35.7 Å². The summed E-state index contributed by atoms with van der Waals surface area (Å²) in [5.74, 6) is -0.563. The number of ketones is 1. The maximum Gasteiger partial charge on any atom is 0.270 e. The minimum Gasteiger partial charge on any atom is -0.494 e. The average molecular weight is 465 g/mol. The van der Waals surface area contributed by atoms with Gasteiger partial charge in [0.2, 0.25) is 5.88 Å². The van der Waals surface area contributed by atoms with Gasteiger partial charge in [-0.3, -0.25) is 18.7 Å². The predicted octanol–water partition coefficient (Wildman–Crippen LogP) is 5.51. The molecule has 6 heteroatoms. The molecule has 0 radical (unpaired) electrons. The van der Waals surface area contributed by atoms with Crippen molar-refractivity contribution < 1.29 is 9.90 Å². The zero-order valence-electron chi connectivity index (χ0n) is 18.3. The van der Waals surface area contributed by atoms with E-state index in [1.807, 2.05) is 73.7 Å². The fourth-order valence-electron chi connectivity index (χ4n) is 4.04.